The van der Waals surface area contributed by atoms with Crippen LogP contribution in [-0.2, 0) is 87.0 Å². The molecule has 0 amide bonds. The van der Waals surface area contributed by atoms with Crippen LogP contribution in [0.3, 0.4) is 0 Å². The smallest absolute Gasteiger partial charge is 0.187 e. The summed E-state index contributed by atoms with van der Waals surface area (Å²) < 4.78 is 68.1. The van der Waals surface area contributed by atoms with E-state index in [0.717, 1.165) is 33.4 Å². The molecule has 10 heteroatoms. The van der Waals surface area contributed by atoms with Gasteiger partial charge in [0, 0.05) is 0 Å². The van der Waals surface area contributed by atoms with Crippen molar-refractivity contribution < 1.29 is 47.4 Å². The van der Waals surface area contributed by atoms with E-state index < -0.39 is 61.4 Å². The Bertz CT molecular complexity index is 2220. The number of benzene rings is 6. The number of ether oxygens (including phenoxy) is 10. The van der Waals surface area contributed by atoms with Gasteiger partial charge in [0.1, 0.15) is 48.8 Å². The van der Waals surface area contributed by atoms with Crippen LogP contribution in [0.15, 0.2) is 182 Å². The molecule has 0 N–H and O–H groups in total. The van der Waals surface area contributed by atoms with Gasteiger partial charge in [-0.2, -0.15) is 0 Å². The van der Waals surface area contributed by atoms with Crippen molar-refractivity contribution in [2.24, 2.45) is 0 Å². The van der Waals surface area contributed by atoms with Crippen molar-refractivity contribution in [3.05, 3.63) is 215 Å². The summed E-state index contributed by atoms with van der Waals surface area (Å²) in [4.78, 5) is 0. The molecular formula is C54H56O10. The van der Waals surface area contributed by atoms with Crippen LogP contribution >= 0.6 is 0 Å². The van der Waals surface area contributed by atoms with Gasteiger partial charge in [0.25, 0.3) is 0 Å². The van der Waals surface area contributed by atoms with Crippen molar-refractivity contribution in [2.75, 3.05) is 13.2 Å². The Hall–Kier alpha value is -5.08. The van der Waals surface area contributed by atoms with E-state index in [-0.39, 0.29) is 19.8 Å². The van der Waals surface area contributed by atoms with Crippen molar-refractivity contribution in [3.8, 4) is 0 Å². The molecular weight excluding hydrogens is 809 g/mol. The predicted octanol–water partition coefficient (Wildman–Crippen LogP) is 9.00. The third kappa shape index (κ3) is 11.8. The number of fused-ring (bicyclic) bond motifs is 2. The quantitative estimate of drug-likeness (QED) is 0.0699. The molecule has 0 radical (unpaired) electrons. The molecule has 6 aromatic rings. The molecule has 9 rings (SSSR count). The van der Waals surface area contributed by atoms with Crippen LogP contribution in [0.4, 0.5) is 0 Å². The van der Waals surface area contributed by atoms with Crippen molar-refractivity contribution in [1.82, 2.24) is 0 Å². The second-order valence-electron chi connectivity index (χ2n) is 16.3. The van der Waals surface area contributed by atoms with Gasteiger partial charge in [-0.1, -0.05) is 182 Å². The molecule has 6 aromatic carbocycles. The first-order valence-electron chi connectivity index (χ1n) is 22.2. The highest BCUT2D eigenvalue weighted by atomic mass is 16.8. The van der Waals surface area contributed by atoms with E-state index in [0.29, 0.717) is 33.0 Å². The molecule has 0 aromatic heterocycles. The van der Waals surface area contributed by atoms with Gasteiger partial charge in [-0.05, 0) is 33.4 Å². The number of hydrogen-bond acceptors (Lipinski definition) is 10. The molecule has 10 unspecified atom stereocenters. The minimum absolute atomic E-state index is 0.192. The summed E-state index contributed by atoms with van der Waals surface area (Å²) in [5.41, 5.74) is 6.10. The van der Waals surface area contributed by atoms with E-state index >= 15 is 0 Å². The Morgan fingerprint density at radius 3 is 1.16 bits per heavy atom. The SMILES string of the molecule is c1ccc(COCC2OC(OC3C4COC(O4)C(OCc4ccccc4)C3OCc3ccccc3)C(OCc3ccccc3)C(OCc3ccccc3)C2OCc2ccccc2)cc1. The van der Waals surface area contributed by atoms with Crippen LogP contribution in [0, 0.1) is 0 Å². The van der Waals surface area contributed by atoms with Crippen molar-refractivity contribution in [1.29, 1.82) is 0 Å². The average Bonchev–Trinajstić information content (AvgIpc) is 3.79. The van der Waals surface area contributed by atoms with Gasteiger partial charge in [0.15, 0.2) is 12.6 Å². The fraction of sp³-hybridized carbons (Fsp3) is 0.333. The number of hydrogen-bond donors (Lipinski definition) is 0. The minimum Gasteiger partial charge on any atom is -0.374 e. The fourth-order valence-electron chi connectivity index (χ4n) is 8.41. The van der Waals surface area contributed by atoms with E-state index in [1.54, 1.807) is 0 Å². The maximum absolute atomic E-state index is 7.29. The van der Waals surface area contributed by atoms with Crippen LogP contribution in [0.2, 0.25) is 0 Å². The standard InChI is InChI=1S/C54H56O10/c1-7-19-39(20-8-1)31-55-37-45-47(56-32-40-21-9-2-10-22-40)49(57-33-41-23-11-3-12-24-41)52(60-36-44-29-17-6-18-30-44)54(63-45)64-48-46-38-61-53(62-46)51(59-35-43-27-15-5-16-28-43)50(48)58-34-42-25-13-4-14-26-42/h1-30,45-54H,31-38H2. The van der Waals surface area contributed by atoms with Gasteiger partial charge in [0.2, 0.25) is 0 Å². The van der Waals surface area contributed by atoms with Crippen LogP contribution < -0.4 is 0 Å². The molecule has 3 heterocycles. The van der Waals surface area contributed by atoms with Crippen molar-refractivity contribution >= 4 is 0 Å². The summed E-state index contributed by atoms with van der Waals surface area (Å²) in [6, 6.07) is 60.5. The predicted molar refractivity (Wildman–Crippen MR) is 239 cm³/mol. The lowest BCUT2D eigenvalue weighted by Gasteiger charge is -2.48. The Kier molecular flexibility index (Phi) is 15.7. The maximum Gasteiger partial charge on any atom is 0.187 e. The average molecular weight is 865 g/mol. The highest BCUT2D eigenvalue weighted by Crippen LogP contribution is 2.39. The molecule has 332 valence electrons. The zero-order valence-electron chi connectivity index (χ0n) is 35.8. The number of rotatable bonds is 21. The third-order valence-corrected chi connectivity index (χ3v) is 11.7. The van der Waals surface area contributed by atoms with E-state index in [1.165, 1.54) is 0 Å². The zero-order chi connectivity index (χ0) is 43.2. The van der Waals surface area contributed by atoms with Crippen molar-refractivity contribution in [3.63, 3.8) is 0 Å². The minimum atomic E-state index is -0.991. The summed E-state index contributed by atoms with van der Waals surface area (Å²) in [6.45, 7) is 2.40. The fourth-order valence-corrected chi connectivity index (χ4v) is 8.41. The lowest BCUT2D eigenvalue weighted by molar-refractivity contribution is -0.359. The summed E-state index contributed by atoms with van der Waals surface area (Å²) in [7, 11) is 0. The lowest BCUT2D eigenvalue weighted by atomic mass is 9.96. The summed E-state index contributed by atoms with van der Waals surface area (Å²) >= 11 is 0. The highest BCUT2D eigenvalue weighted by Gasteiger charge is 2.56. The van der Waals surface area contributed by atoms with Gasteiger partial charge in [0.05, 0.1) is 52.9 Å². The van der Waals surface area contributed by atoms with Crippen molar-refractivity contribution in [2.45, 2.75) is 101 Å². The van der Waals surface area contributed by atoms with Gasteiger partial charge < -0.3 is 47.4 Å². The first kappa shape index (κ1) is 44.1. The molecule has 0 saturated carbocycles. The Labute approximate surface area is 375 Å². The van der Waals surface area contributed by atoms with Gasteiger partial charge in [-0.15, -0.1) is 0 Å². The maximum atomic E-state index is 7.29. The molecule has 0 spiro atoms. The van der Waals surface area contributed by atoms with Crippen LogP contribution in [0.25, 0.3) is 0 Å². The molecule has 10 nitrogen and oxygen atoms in total. The second-order valence-corrected chi connectivity index (χ2v) is 16.3. The monoisotopic (exact) mass is 864 g/mol. The molecule has 3 aliphatic heterocycles. The molecule has 64 heavy (non-hydrogen) atoms. The summed E-state index contributed by atoms with van der Waals surface area (Å²) in [6.07, 6.45) is -6.79. The highest BCUT2D eigenvalue weighted by molar-refractivity contribution is 5.18. The van der Waals surface area contributed by atoms with Crippen LogP contribution in [0.5, 0.6) is 0 Å². The molecule has 3 fully saturated rings. The first-order chi connectivity index (χ1) is 31.7. The Balaban J connectivity index is 1.06. The normalized spacial score (nSPS) is 26.4. The van der Waals surface area contributed by atoms with Crippen LogP contribution in [-0.4, -0.2) is 74.6 Å². The molecule has 3 saturated heterocycles. The van der Waals surface area contributed by atoms with E-state index in [2.05, 4.69) is 0 Å². The van der Waals surface area contributed by atoms with Gasteiger partial charge in [-0.25, -0.2) is 0 Å². The molecule has 3 aliphatic rings. The molecule has 10 atom stereocenters. The Morgan fingerprint density at radius 2 is 0.719 bits per heavy atom. The molecule has 2 bridgehead atoms. The first-order valence-corrected chi connectivity index (χ1v) is 22.2. The van der Waals surface area contributed by atoms with Gasteiger partial charge in [-0.3, -0.25) is 0 Å². The van der Waals surface area contributed by atoms with E-state index in [4.69, 9.17) is 47.4 Å². The largest absolute Gasteiger partial charge is 0.374 e. The second kappa shape index (κ2) is 22.7. The van der Waals surface area contributed by atoms with Crippen LogP contribution in [0.1, 0.15) is 33.4 Å². The lowest BCUT2D eigenvalue weighted by Crippen LogP contribution is -2.64. The summed E-state index contributed by atoms with van der Waals surface area (Å²) in [5.74, 6) is 0. The zero-order valence-corrected chi connectivity index (χ0v) is 35.8. The van der Waals surface area contributed by atoms with E-state index in [9.17, 15) is 0 Å². The molecule has 0 aliphatic carbocycles. The van der Waals surface area contributed by atoms with Gasteiger partial charge >= 0.3 is 0 Å². The summed E-state index contributed by atoms with van der Waals surface area (Å²) in [5, 5.41) is 0. The Morgan fingerprint density at radius 1 is 0.359 bits per heavy atom. The third-order valence-electron chi connectivity index (χ3n) is 11.7. The topological polar surface area (TPSA) is 92.3 Å². The van der Waals surface area contributed by atoms with E-state index in [1.807, 2.05) is 182 Å².